The minimum Gasteiger partial charge on any atom is -0.481 e. The Kier molecular flexibility index (Phi) is 2.72. The van der Waals surface area contributed by atoms with E-state index in [9.17, 15) is 9.59 Å². The van der Waals surface area contributed by atoms with Gasteiger partial charge in [0, 0.05) is 24.1 Å². The molecule has 0 unspecified atom stereocenters. The highest BCUT2D eigenvalue weighted by Gasteiger charge is 2.52. The number of hydrogen-bond donors (Lipinski definition) is 1. The molecule has 1 heterocycles. The Labute approximate surface area is 130 Å². The predicted octanol–water partition coefficient (Wildman–Crippen LogP) is 2.70. The molecule has 4 heteroatoms. The summed E-state index contributed by atoms with van der Waals surface area (Å²) in [6.07, 6.45) is 4.70. The molecule has 1 N–H and O–H groups in total. The predicted molar refractivity (Wildman–Crippen MR) is 82.1 cm³/mol. The Hall–Kier alpha value is -1.84. The van der Waals surface area contributed by atoms with E-state index in [0.717, 1.165) is 18.4 Å². The number of hydrogen-bond acceptors (Lipinski definition) is 2. The standard InChI is InChI=1S/C18H21NO3/c1-17(5-6-17)12-2-3-13-14(10-12)18(7-8-18)11-19(16(13)22)9-4-15(20)21/h2-3,10H,4-9,11H2,1H3,(H,20,21). The van der Waals surface area contributed by atoms with Crippen molar-refractivity contribution in [1.29, 1.82) is 0 Å². The van der Waals surface area contributed by atoms with Crippen molar-refractivity contribution in [3.63, 3.8) is 0 Å². The lowest BCUT2D eigenvalue weighted by Crippen LogP contribution is -2.44. The molecule has 3 aliphatic rings. The number of carboxylic acids is 1. The fourth-order valence-corrected chi connectivity index (χ4v) is 3.70. The van der Waals surface area contributed by atoms with Crippen molar-refractivity contribution in [2.45, 2.75) is 49.9 Å². The van der Waals surface area contributed by atoms with Gasteiger partial charge in [0.1, 0.15) is 0 Å². The van der Waals surface area contributed by atoms with Crippen LogP contribution in [0, 0.1) is 0 Å². The summed E-state index contributed by atoms with van der Waals surface area (Å²) in [6, 6.07) is 6.34. The van der Waals surface area contributed by atoms with E-state index in [-0.39, 0.29) is 17.7 Å². The van der Waals surface area contributed by atoms with Gasteiger partial charge in [-0.05, 0) is 48.3 Å². The average molecular weight is 299 g/mol. The Morgan fingerprint density at radius 2 is 2.00 bits per heavy atom. The highest BCUT2D eigenvalue weighted by molar-refractivity contribution is 5.98. The molecule has 1 aromatic rings. The molecule has 0 saturated heterocycles. The van der Waals surface area contributed by atoms with Gasteiger partial charge in [0.05, 0.1) is 6.42 Å². The second-order valence-electron chi connectivity index (χ2n) is 7.47. The Morgan fingerprint density at radius 3 is 2.59 bits per heavy atom. The largest absolute Gasteiger partial charge is 0.481 e. The summed E-state index contributed by atoms with van der Waals surface area (Å²) in [5, 5.41) is 8.87. The molecule has 1 amide bonds. The minimum absolute atomic E-state index is 0.00118. The van der Waals surface area contributed by atoms with Crippen LogP contribution in [-0.2, 0) is 15.6 Å². The molecule has 0 atom stereocenters. The Bertz CT molecular complexity index is 671. The highest BCUT2D eigenvalue weighted by atomic mass is 16.4. The fraction of sp³-hybridized carbons (Fsp3) is 0.556. The first-order valence-electron chi connectivity index (χ1n) is 8.10. The summed E-state index contributed by atoms with van der Waals surface area (Å²) in [6.45, 7) is 3.29. The van der Waals surface area contributed by atoms with Crippen molar-refractivity contribution in [3.8, 4) is 0 Å². The van der Waals surface area contributed by atoms with Crippen molar-refractivity contribution >= 4 is 11.9 Å². The normalized spacial score (nSPS) is 23.3. The van der Waals surface area contributed by atoms with Crippen LogP contribution in [0.3, 0.4) is 0 Å². The molecular weight excluding hydrogens is 278 g/mol. The Balaban J connectivity index is 1.68. The van der Waals surface area contributed by atoms with Crippen molar-refractivity contribution in [3.05, 3.63) is 34.9 Å². The molecule has 0 bridgehead atoms. The molecule has 1 spiro atoms. The zero-order valence-electron chi connectivity index (χ0n) is 12.9. The molecule has 2 fully saturated rings. The van der Waals surface area contributed by atoms with E-state index in [1.807, 2.05) is 6.07 Å². The second kappa shape index (κ2) is 4.34. The third-order valence-corrected chi connectivity index (χ3v) is 5.75. The van der Waals surface area contributed by atoms with Crippen molar-refractivity contribution in [2.75, 3.05) is 13.1 Å². The lowest BCUT2D eigenvalue weighted by molar-refractivity contribution is -0.137. The lowest BCUT2D eigenvalue weighted by atomic mass is 9.83. The van der Waals surface area contributed by atoms with Crippen LogP contribution >= 0.6 is 0 Å². The molecule has 0 radical (unpaired) electrons. The van der Waals surface area contributed by atoms with Crippen LogP contribution in [0.25, 0.3) is 0 Å². The summed E-state index contributed by atoms with van der Waals surface area (Å²) in [5.41, 5.74) is 3.79. The number of amides is 1. The number of benzene rings is 1. The summed E-state index contributed by atoms with van der Waals surface area (Å²) >= 11 is 0. The van der Waals surface area contributed by atoms with Crippen LogP contribution in [0.5, 0.6) is 0 Å². The smallest absolute Gasteiger partial charge is 0.305 e. The van der Waals surface area contributed by atoms with Crippen LogP contribution < -0.4 is 0 Å². The summed E-state index contributed by atoms with van der Waals surface area (Å²) in [7, 11) is 0. The van der Waals surface area contributed by atoms with Gasteiger partial charge in [0.15, 0.2) is 0 Å². The molecule has 2 saturated carbocycles. The molecule has 22 heavy (non-hydrogen) atoms. The number of aliphatic carboxylic acids is 1. The van der Waals surface area contributed by atoms with E-state index in [0.29, 0.717) is 18.5 Å². The van der Waals surface area contributed by atoms with Gasteiger partial charge in [-0.2, -0.15) is 0 Å². The molecule has 116 valence electrons. The first-order chi connectivity index (χ1) is 10.4. The maximum atomic E-state index is 12.7. The topological polar surface area (TPSA) is 57.6 Å². The van der Waals surface area contributed by atoms with Gasteiger partial charge in [-0.25, -0.2) is 0 Å². The number of carbonyl (C=O) groups excluding carboxylic acids is 1. The van der Waals surface area contributed by atoms with E-state index in [1.54, 1.807) is 4.90 Å². The maximum absolute atomic E-state index is 12.7. The number of rotatable bonds is 4. The van der Waals surface area contributed by atoms with Crippen LogP contribution in [0.1, 0.15) is 60.5 Å². The maximum Gasteiger partial charge on any atom is 0.305 e. The number of fused-ring (bicyclic) bond motifs is 2. The van der Waals surface area contributed by atoms with Crippen molar-refractivity contribution < 1.29 is 14.7 Å². The van der Waals surface area contributed by atoms with Crippen molar-refractivity contribution in [1.82, 2.24) is 4.90 Å². The van der Waals surface area contributed by atoms with Gasteiger partial charge in [-0.15, -0.1) is 0 Å². The monoisotopic (exact) mass is 299 g/mol. The fourth-order valence-electron chi connectivity index (χ4n) is 3.70. The lowest BCUT2D eigenvalue weighted by Gasteiger charge is -2.35. The quantitative estimate of drug-likeness (QED) is 0.930. The molecule has 1 aliphatic heterocycles. The molecule has 1 aromatic carbocycles. The summed E-state index contributed by atoms with van der Waals surface area (Å²) in [4.78, 5) is 25.2. The van der Waals surface area contributed by atoms with E-state index >= 15 is 0 Å². The van der Waals surface area contributed by atoms with E-state index in [4.69, 9.17) is 5.11 Å². The molecule has 2 aliphatic carbocycles. The van der Waals surface area contributed by atoms with Crippen LogP contribution in [-0.4, -0.2) is 35.0 Å². The third-order valence-electron chi connectivity index (χ3n) is 5.75. The molecular formula is C18H21NO3. The Morgan fingerprint density at radius 1 is 1.27 bits per heavy atom. The van der Waals surface area contributed by atoms with Gasteiger partial charge in [-0.1, -0.05) is 19.1 Å². The van der Waals surface area contributed by atoms with E-state index < -0.39 is 5.97 Å². The van der Waals surface area contributed by atoms with E-state index in [1.165, 1.54) is 24.0 Å². The zero-order valence-corrected chi connectivity index (χ0v) is 12.9. The van der Waals surface area contributed by atoms with Gasteiger partial charge in [0.2, 0.25) is 0 Å². The first-order valence-corrected chi connectivity index (χ1v) is 8.10. The molecule has 4 rings (SSSR count). The highest BCUT2D eigenvalue weighted by Crippen LogP contribution is 2.55. The van der Waals surface area contributed by atoms with Crippen LogP contribution in [0.2, 0.25) is 0 Å². The molecule has 4 nitrogen and oxygen atoms in total. The van der Waals surface area contributed by atoms with Gasteiger partial charge >= 0.3 is 5.97 Å². The van der Waals surface area contributed by atoms with E-state index in [2.05, 4.69) is 19.1 Å². The minimum atomic E-state index is -0.847. The summed E-state index contributed by atoms with van der Waals surface area (Å²) in [5.74, 6) is -0.846. The number of nitrogens with zero attached hydrogens (tertiary/aromatic N) is 1. The molecule has 0 aromatic heterocycles. The van der Waals surface area contributed by atoms with Gasteiger partial charge < -0.3 is 10.0 Å². The third kappa shape index (κ3) is 2.04. The zero-order chi connectivity index (χ0) is 15.5. The van der Waals surface area contributed by atoms with Crippen LogP contribution in [0.4, 0.5) is 0 Å². The first kappa shape index (κ1) is 13.8. The van der Waals surface area contributed by atoms with Gasteiger partial charge in [0.25, 0.3) is 5.91 Å². The summed E-state index contributed by atoms with van der Waals surface area (Å²) < 4.78 is 0. The average Bonchev–Trinajstić information content (AvgIpc) is 3.40. The van der Waals surface area contributed by atoms with Crippen molar-refractivity contribution in [2.24, 2.45) is 0 Å². The van der Waals surface area contributed by atoms with Crippen LogP contribution in [0.15, 0.2) is 18.2 Å². The number of carboxylic acid groups (broad SMARTS) is 1. The second-order valence-corrected chi connectivity index (χ2v) is 7.47. The SMILES string of the molecule is CC1(c2ccc3c(c2)C2(CC2)CN(CCC(=O)O)C3=O)CC1. The van der Waals surface area contributed by atoms with Gasteiger partial charge in [-0.3, -0.25) is 9.59 Å². The number of carbonyl (C=O) groups is 2.